The molecule has 2 nitrogen and oxygen atoms in total. The maximum Gasteiger partial charge on any atom is 0.227 e. The number of alkyl halides is 1. The number of amides is 1. The highest BCUT2D eigenvalue weighted by atomic mass is 35.5. The molecule has 0 saturated carbocycles. The molecule has 0 aromatic carbocycles. The minimum absolute atomic E-state index is 0.0744. The molecule has 88 valence electrons. The van der Waals surface area contributed by atoms with Gasteiger partial charge in [-0.3, -0.25) is 4.79 Å². The van der Waals surface area contributed by atoms with Crippen LogP contribution in [0.15, 0.2) is 11.4 Å². The molecule has 1 unspecified atom stereocenters. The molecule has 1 aromatic heterocycles. The van der Waals surface area contributed by atoms with Crippen LogP contribution in [0.2, 0.25) is 0 Å². The van der Waals surface area contributed by atoms with Gasteiger partial charge in [-0.1, -0.05) is 0 Å². The number of carbonyl (C=O) groups excluding carboxylic acids is 1. The number of nitrogens with one attached hydrogen (secondary N) is 1. The lowest BCUT2D eigenvalue weighted by atomic mass is 9.87. The van der Waals surface area contributed by atoms with Gasteiger partial charge in [0.25, 0.3) is 0 Å². The Labute approximate surface area is 105 Å². The first-order valence-electron chi connectivity index (χ1n) is 5.73. The van der Waals surface area contributed by atoms with E-state index in [-0.39, 0.29) is 11.8 Å². The van der Waals surface area contributed by atoms with Gasteiger partial charge >= 0.3 is 0 Å². The second-order valence-corrected chi connectivity index (χ2v) is 5.46. The first kappa shape index (κ1) is 11.9. The third kappa shape index (κ3) is 2.58. The summed E-state index contributed by atoms with van der Waals surface area (Å²) in [7, 11) is 0. The van der Waals surface area contributed by atoms with Crippen LogP contribution in [0, 0.1) is 0 Å². The van der Waals surface area contributed by atoms with Crippen molar-refractivity contribution in [3.8, 4) is 0 Å². The van der Waals surface area contributed by atoms with E-state index in [2.05, 4.69) is 16.8 Å². The number of halogens is 1. The number of hydrogen-bond donors (Lipinski definition) is 1. The minimum Gasteiger partial charge on any atom is -0.356 e. The maximum absolute atomic E-state index is 12.0. The Hall–Kier alpha value is -0.540. The van der Waals surface area contributed by atoms with Gasteiger partial charge in [0.15, 0.2) is 0 Å². The molecule has 0 saturated heterocycles. The Morgan fingerprint density at radius 3 is 3.31 bits per heavy atom. The van der Waals surface area contributed by atoms with Crippen LogP contribution in [-0.4, -0.2) is 18.3 Å². The van der Waals surface area contributed by atoms with Crippen LogP contribution in [0.1, 0.15) is 35.6 Å². The van der Waals surface area contributed by atoms with E-state index in [0.29, 0.717) is 12.4 Å². The van der Waals surface area contributed by atoms with Gasteiger partial charge in [0.1, 0.15) is 0 Å². The smallest absolute Gasteiger partial charge is 0.227 e. The van der Waals surface area contributed by atoms with Gasteiger partial charge in [-0.25, -0.2) is 0 Å². The fourth-order valence-corrected chi connectivity index (χ4v) is 3.28. The summed E-state index contributed by atoms with van der Waals surface area (Å²) in [5.41, 5.74) is 1.25. The molecule has 1 atom stereocenters. The van der Waals surface area contributed by atoms with E-state index >= 15 is 0 Å². The van der Waals surface area contributed by atoms with Crippen LogP contribution >= 0.6 is 22.9 Å². The third-order valence-electron chi connectivity index (χ3n) is 2.98. The molecule has 0 bridgehead atoms. The molecule has 1 aromatic rings. The van der Waals surface area contributed by atoms with Crippen LogP contribution in [0.25, 0.3) is 0 Å². The monoisotopic (exact) mass is 257 g/mol. The molecule has 0 aliphatic heterocycles. The minimum atomic E-state index is 0.0744. The Morgan fingerprint density at radius 1 is 1.62 bits per heavy atom. The van der Waals surface area contributed by atoms with Crippen molar-refractivity contribution in [3.05, 3.63) is 21.9 Å². The van der Waals surface area contributed by atoms with Gasteiger partial charge in [-0.15, -0.1) is 22.9 Å². The number of fused-ring (bicyclic) bond motifs is 1. The van der Waals surface area contributed by atoms with Crippen molar-refractivity contribution < 1.29 is 4.79 Å². The summed E-state index contributed by atoms with van der Waals surface area (Å²) in [6, 6.07) is 2.10. The van der Waals surface area contributed by atoms with Crippen molar-refractivity contribution in [1.29, 1.82) is 0 Å². The molecule has 1 heterocycles. The fraction of sp³-hybridized carbons (Fsp3) is 0.583. The van der Waals surface area contributed by atoms with E-state index in [4.69, 9.17) is 11.6 Å². The summed E-state index contributed by atoms with van der Waals surface area (Å²) >= 11 is 7.36. The number of rotatable bonds is 4. The van der Waals surface area contributed by atoms with E-state index in [1.807, 2.05) is 0 Å². The summed E-state index contributed by atoms with van der Waals surface area (Å²) in [5, 5.41) is 5.06. The fourth-order valence-electron chi connectivity index (χ4n) is 2.16. The van der Waals surface area contributed by atoms with Crippen molar-refractivity contribution in [3.63, 3.8) is 0 Å². The van der Waals surface area contributed by atoms with Crippen LogP contribution in [0.3, 0.4) is 0 Å². The molecule has 0 radical (unpaired) electrons. The van der Waals surface area contributed by atoms with Crippen molar-refractivity contribution in [1.82, 2.24) is 5.32 Å². The zero-order valence-electron chi connectivity index (χ0n) is 9.17. The van der Waals surface area contributed by atoms with Gasteiger partial charge in [-0.05, 0) is 42.7 Å². The van der Waals surface area contributed by atoms with Crippen molar-refractivity contribution in [2.75, 3.05) is 12.4 Å². The van der Waals surface area contributed by atoms with Crippen LogP contribution in [-0.2, 0) is 11.2 Å². The first-order valence-corrected chi connectivity index (χ1v) is 7.14. The van der Waals surface area contributed by atoms with Gasteiger partial charge in [0.2, 0.25) is 5.91 Å². The maximum atomic E-state index is 12.0. The lowest BCUT2D eigenvalue weighted by molar-refractivity contribution is -0.122. The topological polar surface area (TPSA) is 29.1 Å². The molecular weight excluding hydrogens is 242 g/mol. The van der Waals surface area contributed by atoms with Crippen LogP contribution < -0.4 is 5.32 Å². The standard InChI is InChI=1S/C12H16ClNOS/c13-6-2-7-14-12(15)10-3-1-4-11-9(10)5-8-16-11/h5,8,10H,1-4,6-7H2,(H,14,15). The molecule has 0 fully saturated rings. The first-order chi connectivity index (χ1) is 7.83. The molecule has 4 heteroatoms. The molecule has 1 aliphatic carbocycles. The van der Waals surface area contributed by atoms with Gasteiger partial charge in [0.05, 0.1) is 5.92 Å². The highest BCUT2D eigenvalue weighted by Gasteiger charge is 2.26. The Kier molecular flexibility index (Phi) is 4.24. The lowest BCUT2D eigenvalue weighted by Gasteiger charge is -2.21. The molecule has 1 amide bonds. The Balaban J connectivity index is 1.98. The molecule has 1 N–H and O–H groups in total. The Bertz CT molecular complexity index is 364. The van der Waals surface area contributed by atoms with Crippen molar-refractivity contribution in [2.24, 2.45) is 0 Å². The number of hydrogen-bond acceptors (Lipinski definition) is 2. The number of thiophene rings is 1. The number of carbonyl (C=O) groups is 1. The molecule has 16 heavy (non-hydrogen) atoms. The van der Waals surface area contributed by atoms with Gasteiger partial charge < -0.3 is 5.32 Å². The zero-order chi connectivity index (χ0) is 11.4. The Morgan fingerprint density at radius 2 is 2.50 bits per heavy atom. The quantitative estimate of drug-likeness (QED) is 0.652. The van der Waals surface area contributed by atoms with E-state index in [9.17, 15) is 4.79 Å². The molecule has 2 rings (SSSR count). The predicted octanol–water partition coefficient (Wildman–Crippen LogP) is 2.91. The summed E-state index contributed by atoms with van der Waals surface area (Å²) in [6.07, 6.45) is 4.09. The summed E-state index contributed by atoms with van der Waals surface area (Å²) in [6.45, 7) is 0.693. The van der Waals surface area contributed by atoms with Crippen LogP contribution in [0.5, 0.6) is 0 Å². The van der Waals surface area contributed by atoms with Crippen molar-refractivity contribution in [2.45, 2.75) is 31.6 Å². The van der Waals surface area contributed by atoms with Gasteiger partial charge in [0, 0.05) is 17.3 Å². The normalized spacial score (nSPS) is 19.2. The lowest BCUT2D eigenvalue weighted by Crippen LogP contribution is -2.31. The SMILES string of the molecule is O=C(NCCCCl)C1CCCc2sccc21. The zero-order valence-corrected chi connectivity index (χ0v) is 10.7. The molecule has 0 spiro atoms. The summed E-state index contributed by atoms with van der Waals surface area (Å²) in [4.78, 5) is 13.4. The van der Waals surface area contributed by atoms with Crippen LogP contribution in [0.4, 0.5) is 0 Å². The summed E-state index contributed by atoms with van der Waals surface area (Å²) < 4.78 is 0. The highest BCUT2D eigenvalue weighted by molar-refractivity contribution is 7.10. The van der Waals surface area contributed by atoms with Crippen molar-refractivity contribution >= 4 is 28.8 Å². The highest BCUT2D eigenvalue weighted by Crippen LogP contribution is 2.34. The summed E-state index contributed by atoms with van der Waals surface area (Å²) in [5.74, 6) is 0.851. The largest absolute Gasteiger partial charge is 0.356 e. The number of aryl methyl sites for hydroxylation is 1. The third-order valence-corrected chi connectivity index (χ3v) is 4.24. The molecular formula is C12H16ClNOS. The van der Waals surface area contributed by atoms with E-state index < -0.39 is 0 Å². The average Bonchev–Trinajstić information content (AvgIpc) is 2.76. The second kappa shape index (κ2) is 5.69. The average molecular weight is 258 g/mol. The second-order valence-electron chi connectivity index (χ2n) is 4.08. The van der Waals surface area contributed by atoms with E-state index in [1.165, 1.54) is 10.4 Å². The van der Waals surface area contributed by atoms with E-state index in [1.54, 1.807) is 11.3 Å². The predicted molar refractivity (Wildman–Crippen MR) is 68.3 cm³/mol. The van der Waals surface area contributed by atoms with E-state index in [0.717, 1.165) is 25.7 Å². The van der Waals surface area contributed by atoms with Gasteiger partial charge in [-0.2, -0.15) is 0 Å². The molecule has 1 aliphatic rings.